The van der Waals surface area contributed by atoms with E-state index < -0.39 is 0 Å². The lowest BCUT2D eigenvalue weighted by atomic mass is 9.79. The van der Waals surface area contributed by atoms with Gasteiger partial charge in [-0.05, 0) is 61.9 Å². The van der Waals surface area contributed by atoms with Gasteiger partial charge in [-0.25, -0.2) is 4.99 Å². The van der Waals surface area contributed by atoms with E-state index in [1.54, 1.807) is 30.3 Å². The number of aliphatic imine (C=N–C) groups is 1. The minimum atomic E-state index is -0.284. The molecular formula is C29H30N2O5. The van der Waals surface area contributed by atoms with E-state index in [2.05, 4.69) is 16.4 Å². The van der Waals surface area contributed by atoms with E-state index in [-0.39, 0.29) is 42.1 Å². The van der Waals surface area contributed by atoms with Crippen molar-refractivity contribution in [1.82, 2.24) is 5.32 Å². The van der Waals surface area contributed by atoms with E-state index >= 15 is 0 Å². The number of hydrogen-bond donors (Lipinski definition) is 2. The molecule has 0 radical (unpaired) electrons. The Bertz CT molecular complexity index is 1240. The van der Waals surface area contributed by atoms with Crippen LogP contribution in [-0.4, -0.2) is 35.7 Å². The van der Waals surface area contributed by atoms with Crippen LogP contribution >= 0.6 is 0 Å². The molecule has 0 aromatic heterocycles. The molecule has 2 atom stereocenters. The van der Waals surface area contributed by atoms with Crippen LogP contribution in [0.2, 0.25) is 0 Å². The molecule has 0 bridgehead atoms. The Morgan fingerprint density at radius 2 is 1.69 bits per heavy atom. The molecule has 1 aliphatic carbocycles. The Labute approximate surface area is 210 Å². The largest absolute Gasteiger partial charge is 0.508 e. The average molecular weight is 487 g/mol. The summed E-state index contributed by atoms with van der Waals surface area (Å²) in [5.74, 6) is 1.32. The number of amides is 1. The lowest BCUT2D eigenvalue weighted by Gasteiger charge is -2.29. The molecule has 2 unspecified atom stereocenters. The first-order valence-corrected chi connectivity index (χ1v) is 12.2. The van der Waals surface area contributed by atoms with Gasteiger partial charge in [-0.3, -0.25) is 9.59 Å². The van der Waals surface area contributed by atoms with E-state index in [9.17, 15) is 14.7 Å². The van der Waals surface area contributed by atoms with Gasteiger partial charge in [0.15, 0.2) is 17.3 Å². The number of benzene rings is 2. The number of aromatic hydroxyl groups is 1. The van der Waals surface area contributed by atoms with E-state index in [0.29, 0.717) is 36.1 Å². The Balaban J connectivity index is 1.42. The number of hydrogen-bond acceptors (Lipinski definition) is 6. The van der Waals surface area contributed by atoms with Crippen molar-refractivity contribution in [3.05, 3.63) is 89.8 Å². The van der Waals surface area contributed by atoms with Crippen LogP contribution in [0.3, 0.4) is 0 Å². The molecule has 2 N–H and O–H groups in total. The highest BCUT2D eigenvalue weighted by Gasteiger charge is 2.29. The Hall–Kier alpha value is -4.13. The molecule has 7 heteroatoms. The molecule has 2 aromatic rings. The van der Waals surface area contributed by atoms with Crippen LogP contribution in [0.1, 0.15) is 48.5 Å². The second-order valence-electron chi connectivity index (χ2n) is 8.47. The van der Waals surface area contributed by atoms with Crippen molar-refractivity contribution in [3.63, 3.8) is 0 Å². The zero-order valence-electron chi connectivity index (χ0n) is 20.4. The quantitative estimate of drug-likeness (QED) is 0.456. The predicted octanol–water partition coefficient (Wildman–Crippen LogP) is 5.09. The molecule has 1 aliphatic heterocycles. The molecular weight excluding hydrogens is 456 g/mol. The number of allylic oxidation sites excluding steroid dienone is 5. The molecule has 7 nitrogen and oxygen atoms in total. The third-order valence-electron chi connectivity index (χ3n) is 6.00. The van der Waals surface area contributed by atoms with E-state index in [1.807, 2.05) is 50.3 Å². The second kappa shape index (κ2) is 11.5. The molecule has 0 saturated heterocycles. The second-order valence-corrected chi connectivity index (χ2v) is 8.47. The van der Waals surface area contributed by atoms with Gasteiger partial charge in [0.2, 0.25) is 5.91 Å². The number of nitrogens with one attached hydrogen (secondary N) is 1. The maximum absolute atomic E-state index is 12.8. The summed E-state index contributed by atoms with van der Waals surface area (Å²) in [4.78, 5) is 30.1. The third kappa shape index (κ3) is 5.92. The first kappa shape index (κ1) is 25.0. The number of fused-ring (bicyclic) bond motifs is 1. The lowest BCUT2D eigenvalue weighted by molar-refractivity contribution is -0.120. The summed E-state index contributed by atoms with van der Waals surface area (Å²) in [5.41, 5.74) is 2.33. The summed E-state index contributed by atoms with van der Waals surface area (Å²) in [5, 5.41) is 12.5. The maximum atomic E-state index is 12.8. The summed E-state index contributed by atoms with van der Waals surface area (Å²) in [6, 6.07) is 12.1. The van der Waals surface area contributed by atoms with Crippen molar-refractivity contribution in [1.29, 1.82) is 0 Å². The Kier molecular flexibility index (Phi) is 8.00. The fraction of sp³-hybridized carbons (Fsp3) is 0.276. The smallest absolute Gasteiger partial charge is 0.225 e. The highest BCUT2D eigenvalue weighted by atomic mass is 16.5. The van der Waals surface area contributed by atoms with Crippen molar-refractivity contribution in [2.45, 2.75) is 32.6 Å². The number of ketones is 1. The van der Waals surface area contributed by atoms with Gasteiger partial charge in [-0.15, -0.1) is 0 Å². The highest BCUT2D eigenvalue weighted by Crippen LogP contribution is 2.35. The molecule has 0 fully saturated rings. The minimum Gasteiger partial charge on any atom is -0.508 e. The number of phenols is 1. The first-order valence-electron chi connectivity index (χ1n) is 12.2. The monoisotopic (exact) mass is 486 g/mol. The van der Waals surface area contributed by atoms with Gasteiger partial charge >= 0.3 is 0 Å². The van der Waals surface area contributed by atoms with E-state index in [1.165, 1.54) is 0 Å². The van der Waals surface area contributed by atoms with Crippen molar-refractivity contribution < 1.29 is 24.2 Å². The van der Waals surface area contributed by atoms with Crippen LogP contribution in [0.4, 0.5) is 0 Å². The number of rotatable bonds is 10. The number of phenolic OH excluding ortho intramolecular Hbond substituents is 1. The van der Waals surface area contributed by atoms with Crippen LogP contribution in [-0.2, 0) is 4.79 Å². The molecule has 2 aromatic carbocycles. The SMILES string of the molecule is CCOc1ccc(C(=O)CCC(=O)NC2=CC(c3ccc(O)cc3)C3C=CC=CC3=N2)cc1OCC. The van der Waals surface area contributed by atoms with Crippen molar-refractivity contribution in [2.75, 3.05) is 13.2 Å². The summed E-state index contributed by atoms with van der Waals surface area (Å²) < 4.78 is 11.2. The summed E-state index contributed by atoms with van der Waals surface area (Å²) in [7, 11) is 0. The normalized spacial score (nSPS) is 18.1. The topological polar surface area (TPSA) is 97.2 Å². The van der Waals surface area contributed by atoms with E-state index in [0.717, 1.165) is 11.3 Å². The van der Waals surface area contributed by atoms with Crippen LogP contribution in [0.5, 0.6) is 17.2 Å². The number of ether oxygens (including phenoxy) is 2. The minimum absolute atomic E-state index is 0.0290. The van der Waals surface area contributed by atoms with Crippen molar-refractivity contribution >= 4 is 17.4 Å². The van der Waals surface area contributed by atoms with Gasteiger partial charge in [0.05, 0.1) is 18.9 Å². The predicted molar refractivity (Wildman–Crippen MR) is 139 cm³/mol. The number of Topliss-reactive ketones (excluding diaryl/α,β-unsaturated/α-hetero) is 1. The lowest BCUT2D eigenvalue weighted by Crippen LogP contribution is -2.29. The molecule has 0 saturated carbocycles. The van der Waals surface area contributed by atoms with Gasteiger partial charge in [0, 0.05) is 30.2 Å². The third-order valence-corrected chi connectivity index (χ3v) is 6.00. The van der Waals surface area contributed by atoms with Crippen LogP contribution in [0.15, 0.2) is 83.7 Å². The van der Waals surface area contributed by atoms with Gasteiger partial charge in [-0.2, -0.15) is 0 Å². The summed E-state index contributed by atoms with van der Waals surface area (Å²) >= 11 is 0. The van der Waals surface area contributed by atoms with Gasteiger partial charge in [0.25, 0.3) is 0 Å². The standard InChI is InChI=1S/C29H30N2O5/c1-3-35-26-15-11-20(17-27(26)36-4-2)25(33)14-16-29(34)31-28-18-23(19-9-12-21(32)13-10-19)22-7-5-6-8-24(22)30-28/h5-13,15,17-18,22-23,32H,3-4,14,16H2,1-2H3,(H,31,34). The molecule has 4 rings (SSSR count). The van der Waals surface area contributed by atoms with Gasteiger partial charge in [-0.1, -0.05) is 30.4 Å². The van der Waals surface area contributed by atoms with Crippen LogP contribution in [0, 0.1) is 5.92 Å². The van der Waals surface area contributed by atoms with Gasteiger partial charge < -0.3 is 19.9 Å². The van der Waals surface area contributed by atoms with Crippen LogP contribution in [0.25, 0.3) is 0 Å². The number of carbonyl (C=O) groups excluding carboxylic acids is 2. The first-order chi connectivity index (χ1) is 17.5. The molecule has 36 heavy (non-hydrogen) atoms. The van der Waals surface area contributed by atoms with Crippen LogP contribution < -0.4 is 14.8 Å². The molecule has 1 amide bonds. The molecule has 0 spiro atoms. The number of carbonyl (C=O) groups is 2. The average Bonchev–Trinajstić information content (AvgIpc) is 2.88. The zero-order valence-corrected chi connectivity index (χ0v) is 20.4. The zero-order chi connectivity index (χ0) is 25.5. The molecule has 2 aliphatic rings. The summed E-state index contributed by atoms with van der Waals surface area (Å²) in [6.45, 7) is 4.70. The van der Waals surface area contributed by atoms with Crippen molar-refractivity contribution in [3.8, 4) is 17.2 Å². The molecule has 186 valence electrons. The Morgan fingerprint density at radius 1 is 0.944 bits per heavy atom. The molecule has 1 heterocycles. The fourth-order valence-corrected chi connectivity index (χ4v) is 4.28. The van der Waals surface area contributed by atoms with E-state index in [4.69, 9.17) is 9.47 Å². The highest BCUT2D eigenvalue weighted by molar-refractivity contribution is 6.02. The fourth-order valence-electron chi connectivity index (χ4n) is 4.28. The van der Waals surface area contributed by atoms with Gasteiger partial charge in [0.1, 0.15) is 11.6 Å². The van der Waals surface area contributed by atoms with Crippen molar-refractivity contribution in [2.24, 2.45) is 10.9 Å². The maximum Gasteiger partial charge on any atom is 0.225 e. The number of nitrogens with zero attached hydrogens (tertiary/aromatic N) is 1. The summed E-state index contributed by atoms with van der Waals surface area (Å²) in [6.07, 6.45) is 9.92. The Morgan fingerprint density at radius 3 is 2.44 bits per heavy atom.